The molecular weight excluding hydrogens is 561 g/mol. The fourth-order valence-electron chi connectivity index (χ4n) is 3.88. The number of benzene rings is 2. The SMILES string of the molecule is CCC1=C(C(=O)OC)[C@@H](c2ccccc2)n2c(s/c(=C/c3cc(Br)ccc3OCC(F)(F)F)c2=O)=N1. The monoisotopic (exact) mass is 580 g/mol. The van der Waals surface area contributed by atoms with Crippen LogP contribution in [0, 0.1) is 0 Å². The van der Waals surface area contributed by atoms with Gasteiger partial charge in [0.1, 0.15) is 5.75 Å². The Hall–Kier alpha value is -3.18. The van der Waals surface area contributed by atoms with Crippen LogP contribution >= 0.6 is 27.3 Å². The molecule has 1 aliphatic heterocycles. The zero-order valence-electron chi connectivity index (χ0n) is 19.1. The lowest BCUT2D eigenvalue weighted by molar-refractivity contribution is -0.153. The lowest BCUT2D eigenvalue weighted by atomic mass is 9.95. The van der Waals surface area contributed by atoms with E-state index in [4.69, 9.17) is 9.47 Å². The van der Waals surface area contributed by atoms with Gasteiger partial charge in [-0.3, -0.25) is 9.36 Å². The molecule has 4 rings (SSSR count). The number of hydrogen-bond acceptors (Lipinski definition) is 6. The number of aromatic nitrogens is 1. The highest BCUT2D eigenvalue weighted by Crippen LogP contribution is 2.32. The molecule has 0 saturated carbocycles. The minimum Gasteiger partial charge on any atom is -0.483 e. The van der Waals surface area contributed by atoms with Gasteiger partial charge >= 0.3 is 12.1 Å². The summed E-state index contributed by atoms with van der Waals surface area (Å²) < 4.78 is 50.5. The summed E-state index contributed by atoms with van der Waals surface area (Å²) in [4.78, 5) is 31.4. The second kappa shape index (κ2) is 10.4. The molecule has 2 aromatic carbocycles. The lowest BCUT2D eigenvalue weighted by Crippen LogP contribution is -2.40. The van der Waals surface area contributed by atoms with E-state index in [-0.39, 0.29) is 21.4 Å². The first-order chi connectivity index (χ1) is 17.1. The highest BCUT2D eigenvalue weighted by Gasteiger charge is 2.34. The van der Waals surface area contributed by atoms with Crippen molar-refractivity contribution < 1.29 is 27.4 Å². The molecule has 188 valence electrons. The number of nitrogens with zero attached hydrogens (tertiary/aromatic N) is 2. The van der Waals surface area contributed by atoms with Gasteiger partial charge < -0.3 is 9.47 Å². The molecule has 0 spiro atoms. The lowest BCUT2D eigenvalue weighted by Gasteiger charge is -2.25. The van der Waals surface area contributed by atoms with Crippen molar-refractivity contribution in [3.05, 3.63) is 95.1 Å². The summed E-state index contributed by atoms with van der Waals surface area (Å²) in [5.41, 5.74) is 1.31. The molecule has 0 radical (unpaired) electrons. The van der Waals surface area contributed by atoms with Crippen molar-refractivity contribution in [2.24, 2.45) is 4.99 Å². The van der Waals surface area contributed by atoms with Crippen LogP contribution in [0.1, 0.15) is 30.5 Å². The first-order valence-corrected chi connectivity index (χ1v) is 12.4. The molecule has 0 N–H and O–H groups in total. The molecule has 3 aromatic rings. The molecule has 0 unspecified atom stereocenters. The topological polar surface area (TPSA) is 69.9 Å². The van der Waals surface area contributed by atoms with E-state index in [1.54, 1.807) is 36.4 Å². The summed E-state index contributed by atoms with van der Waals surface area (Å²) in [6.45, 7) is 0.386. The molecule has 1 aromatic heterocycles. The maximum atomic E-state index is 13.6. The number of methoxy groups -OCH3 is 1. The molecule has 1 atom stereocenters. The van der Waals surface area contributed by atoms with Crippen LogP contribution in [0.5, 0.6) is 5.75 Å². The van der Waals surface area contributed by atoms with Crippen molar-refractivity contribution in [3.8, 4) is 5.75 Å². The Balaban J connectivity index is 1.93. The van der Waals surface area contributed by atoms with Crippen LogP contribution < -0.4 is 19.6 Å². The number of thiazole rings is 1. The van der Waals surface area contributed by atoms with Crippen LogP contribution in [0.25, 0.3) is 6.08 Å². The second-order valence-corrected chi connectivity index (χ2v) is 9.71. The summed E-state index contributed by atoms with van der Waals surface area (Å²) in [5, 5.41) is 0. The summed E-state index contributed by atoms with van der Waals surface area (Å²) in [7, 11) is 1.27. The molecule has 1 aliphatic rings. The van der Waals surface area contributed by atoms with Crippen LogP contribution in [-0.4, -0.2) is 30.4 Å². The van der Waals surface area contributed by atoms with Gasteiger partial charge in [-0.25, -0.2) is 9.79 Å². The smallest absolute Gasteiger partial charge is 0.422 e. The van der Waals surface area contributed by atoms with E-state index in [9.17, 15) is 22.8 Å². The van der Waals surface area contributed by atoms with Crippen LogP contribution in [0.4, 0.5) is 13.2 Å². The third-order valence-corrected chi connectivity index (χ3v) is 6.89. The average Bonchev–Trinajstić information content (AvgIpc) is 3.16. The zero-order chi connectivity index (χ0) is 26.0. The van der Waals surface area contributed by atoms with Gasteiger partial charge in [0.15, 0.2) is 11.4 Å². The van der Waals surface area contributed by atoms with Gasteiger partial charge in [0.25, 0.3) is 5.56 Å². The van der Waals surface area contributed by atoms with E-state index >= 15 is 0 Å². The first-order valence-electron chi connectivity index (χ1n) is 10.8. The summed E-state index contributed by atoms with van der Waals surface area (Å²) >= 11 is 4.39. The minimum absolute atomic E-state index is 0.0227. The summed E-state index contributed by atoms with van der Waals surface area (Å²) in [5.74, 6) is -0.612. The molecule has 0 aliphatic carbocycles. The normalized spacial score (nSPS) is 15.9. The number of allylic oxidation sites excluding steroid dienone is 1. The number of carbonyl (C=O) groups excluding carboxylic acids is 1. The van der Waals surface area contributed by atoms with Gasteiger partial charge in [-0.1, -0.05) is 64.5 Å². The van der Waals surface area contributed by atoms with E-state index in [0.717, 1.165) is 11.3 Å². The van der Waals surface area contributed by atoms with E-state index in [2.05, 4.69) is 20.9 Å². The fourth-order valence-corrected chi connectivity index (χ4v) is 5.27. The van der Waals surface area contributed by atoms with Crippen molar-refractivity contribution in [2.45, 2.75) is 25.6 Å². The number of rotatable bonds is 6. The van der Waals surface area contributed by atoms with Crippen LogP contribution in [0.2, 0.25) is 0 Å². The Morgan fingerprint density at radius 3 is 2.58 bits per heavy atom. The number of hydrogen-bond donors (Lipinski definition) is 0. The number of esters is 1. The van der Waals surface area contributed by atoms with E-state index in [1.165, 1.54) is 23.8 Å². The quantitative estimate of drug-likeness (QED) is 0.402. The van der Waals surface area contributed by atoms with E-state index < -0.39 is 30.4 Å². The van der Waals surface area contributed by atoms with Gasteiger partial charge in [-0.15, -0.1) is 0 Å². The Labute approximate surface area is 216 Å². The molecule has 0 amide bonds. The van der Waals surface area contributed by atoms with Crippen molar-refractivity contribution in [2.75, 3.05) is 13.7 Å². The second-order valence-electron chi connectivity index (χ2n) is 7.78. The van der Waals surface area contributed by atoms with Crippen molar-refractivity contribution in [1.82, 2.24) is 4.57 Å². The highest BCUT2D eigenvalue weighted by molar-refractivity contribution is 9.10. The van der Waals surface area contributed by atoms with Crippen molar-refractivity contribution in [1.29, 1.82) is 0 Å². The van der Waals surface area contributed by atoms with Gasteiger partial charge in [0, 0.05) is 10.0 Å². The van der Waals surface area contributed by atoms with Gasteiger partial charge in [-0.05, 0) is 36.3 Å². The Bertz CT molecular complexity index is 1510. The molecular formula is C25H20BrF3N2O4S. The predicted molar refractivity (Wildman–Crippen MR) is 133 cm³/mol. The predicted octanol–water partition coefficient (Wildman–Crippen LogP) is 4.50. The maximum Gasteiger partial charge on any atom is 0.422 e. The fraction of sp³-hybridized carbons (Fsp3) is 0.240. The Morgan fingerprint density at radius 1 is 1.22 bits per heavy atom. The molecule has 2 heterocycles. The Kier molecular flexibility index (Phi) is 7.51. The van der Waals surface area contributed by atoms with Crippen LogP contribution in [0.15, 0.2) is 74.1 Å². The van der Waals surface area contributed by atoms with Crippen LogP contribution in [0.3, 0.4) is 0 Å². The molecule has 0 bridgehead atoms. The molecule has 0 fully saturated rings. The van der Waals surface area contributed by atoms with Crippen molar-refractivity contribution >= 4 is 39.3 Å². The van der Waals surface area contributed by atoms with E-state index in [1.807, 2.05) is 13.0 Å². The van der Waals surface area contributed by atoms with Gasteiger partial charge in [0.2, 0.25) is 0 Å². The molecule has 36 heavy (non-hydrogen) atoms. The largest absolute Gasteiger partial charge is 0.483 e. The summed E-state index contributed by atoms with van der Waals surface area (Å²) in [6, 6.07) is 12.8. The zero-order valence-corrected chi connectivity index (χ0v) is 21.5. The third-order valence-electron chi connectivity index (χ3n) is 5.42. The van der Waals surface area contributed by atoms with Crippen molar-refractivity contribution in [3.63, 3.8) is 0 Å². The number of ether oxygens (including phenoxy) is 2. The van der Waals surface area contributed by atoms with Gasteiger partial charge in [-0.2, -0.15) is 13.2 Å². The summed E-state index contributed by atoms with van der Waals surface area (Å²) in [6.07, 6.45) is -2.62. The molecule has 11 heteroatoms. The van der Waals surface area contributed by atoms with E-state index in [0.29, 0.717) is 27.0 Å². The highest BCUT2D eigenvalue weighted by atomic mass is 79.9. The number of carbonyl (C=O) groups is 1. The first kappa shape index (κ1) is 25.9. The molecule has 0 saturated heterocycles. The Morgan fingerprint density at radius 2 is 1.94 bits per heavy atom. The number of fused-ring (bicyclic) bond motifs is 1. The maximum absolute atomic E-state index is 13.6. The third kappa shape index (κ3) is 5.31. The van der Waals surface area contributed by atoms with Gasteiger partial charge in [0.05, 0.1) is 29.0 Å². The number of alkyl halides is 3. The molecule has 6 nitrogen and oxygen atoms in total. The van der Waals surface area contributed by atoms with Crippen LogP contribution in [-0.2, 0) is 9.53 Å². The number of halogens is 4. The average molecular weight is 581 g/mol. The minimum atomic E-state index is -4.51. The standard InChI is InChI=1S/C25H20BrF3N2O4S/c1-3-17-20(23(33)34-2)21(14-7-5-4-6-8-14)31-22(32)19(36-24(31)30-17)12-15-11-16(26)9-10-18(15)35-13-25(27,28)29/h4-12,21H,3,13H2,1-2H3/b19-12+/t21-/m1/s1.